The standard InChI is InChI=1S/C17H24N2O3S/c1-23(21,22)18-14-7-5-6-13(12-14)17(20)19(16-10-11-16)15-8-3-2-4-9-15/h5-7,12,15-16,18H,2-4,8-11H2,1H3. The van der Waals surface area contributed by atoms with E-state index in [0.29, 0.717) is 23.3 Å². The van der Waals surface area contributed by atoms with Gasteiger partial charge in [0.1, 0.15) is 0 Å². The lowest BCUT2D eigenvalue weighted by Crippen LogP contribution is -2.43. The minimum absolute atomic E-state index is 0.0385. The molecule has 0 saturated heterocycles. The van der Waals surface area contributed by atoms with Gasteiger partial charge in [0.05, 0.1) is 6.26 Å². The van der Waals surface area contributed by atoms with Gasteiger partial charge < -0.3 is 4.90 Å². The third kappa shape index (κ3) is 4.25. The summed E-state index contributed by atoms with van der Waals surface area (Å²) in [6, 6.07) is 7.52. The second-order valence-corrected chi connectivity index (χ2v) is 8.44. The summed E-state index contributed by atoms with van der Waals surface area (Å²) in [5.41, 5.74) is 1.01. The number of anilines is 1. The molecule has 0 heterocycles. The number of hydrogen-bond donors (Lipinski definition) is 1. The molecule has 2 aliphatic rings. The molecule has 5 nitrogen and oxygen atoms in total. The van der Waals surface area contributed by atoms with Crippen LogP contribution >= 0.6 is 0 Å². The van der Waals surface area contributed by atoms with Crippen molar-refractivity contribution >= 4 is 21.6 Å². The maximum Gasteiger partial charge on any atom is 0.254 e. The van der Waals surface area contributed by atoms with Crippen molar-refractivity contribution in [2.24, 2.45) is 0 Å². The van der Waals surface area contributed by atoms with Gasteiger partial charge in [-0.05, 0) is 43.9 Å². The lowest BCUT2D eigenvalue weighted by molar-refractivity contribution is 0.0614. The Balaban J connectivity index is 1.81. The normalized spacial score (nSPS) is 19.3. The SMILES string of the molecule is CS(=O)(=O)Nc1cccc(C(=O)N(C2CCCCC2)C2CC2)c1. The zero-order valence-electron chi connectivity index (χ0n) is 13.5. The number of rotatable bonds is 5. The van der Waals surface area contributed by atoms with Crippen LogP contribution in [0.25, 0.3) is 0 Å². The van der Waals surface area contributed by atoms with Crippen LogP contribution < -0.4 is 4.72 Å². The molecule has 1 aromatic carbocycles. The van der Waals surface area contributed by atoms with Crippen LogP contribution in [-0.4, -0.2) is 37.6 Å². The second-order valence-electron chi connectivity index (χ2n) is 6.69. The van der Waals surface area contributed by atoms with Gasteiger partial charge in [-0.15, -0.1) is 0 Å². The van der Waals surface area contributed by atoms with Gasteiger partial charge in [-0.25, -0.2) is 8.42 Å². The van der Waals surface area contributed by atoms with Gasteiger partial charge in [0.25, 0.3) is 5.91 Å². The van der Waals surface area contributed by atoms with E-state index >= 15 is 0 Å². The lowest BCUT2D eigenvalue weighted by atomic mass is 9.93. The molecule has 2 aliphatic carbocycles. The predicted molar refractivity (Wildman–Crippen MR) is 91.0 cm³/mol. The van der Waals surface area contributed by atoms with E-state index in [-0.39, 0.29) is 5.91 Å². The molecule has 0 bridgehead atoms. The van der Waals surface area contributed by atoms with Crippen molar-refractivity contribution < 1.29 is 13.2 Å². The molecule has 0 atom stereocenters. The van der Waals surface area contributed by atoms with Crippen LogP contribution in [0.1, 0.15) is 55.3 Å². The summed E-state index contributed by atoms with van der Waals surface area (Å²) in [5, 5.41) is 0. The first-order valence-electron chi connectivity index (χ1n) is 8.34. The number of sulfonamides is 1. The number of carbonyl (C=O) groups excluding carboxylic acids is 1. The number of benzene rings is 1. The van der Waals surface area contributed by atoms with Crippen LogP contribution in [-0.2, 0) is 10.0 Å². The Bertz CT molecular complexity index is 677. The van der Waals surface area contributed by atoms with Crippen molar-refractivity contribution in [3.05, 3.63) is 29.8 Å². The molecule has 1 aromatic rings. The van der Waals surface area contributed by atoms with Crippen molar-refractivity contribution in [3.8, 4) is 0 Å². The van der Waals surface area contributed by atoms with Crippen molar-refractivity contribution in [3.63, 3.8) is 0 Å². The third-order valence-corrected chi connectivity index (χ3v) is 5.16. The Morgan fingerprint density at radius 2 is 1.74 bits per heavy atom. The Labute approximate surface area is 138 Å². The summed E-state index contributed by atoms with van der Waals surface area (Å²) in [6.07, 6.45) is 9.10. The van der Waals surface area contributed by atoms with E-state index in [4.69, 9.17) is 0 Å². The largest absolute Gasteiger partial charge is 0.333 e. The van der Waals surface area contributed by atoms with E-state index in [2.05, 4.69) is 9.62 Å². The Hall–Kier alpha value is -1.56. The fraction of sp³-hybridized carbons (Fsp3) is 0.588. The molecule has 0 unspecified atom stereocenters. The monoisotopic (exact) mass is 336 g/mol. The zero-order valence-corrected chi connectivity index (χ0v) is 14.3. The van der Waals surface area contributed by atoms with Crippen molar-refractivity contribution in [1.82, 2.24) is 4.90 Å². The maximum atomic E-state index is 13.0. The highest BCUT2D eigenvalue weighted by Crippen LogP contribution is 2.35. The molecule has 23 heavy (non-hydrogen) atoms. The Morgan fingerprint density at radius 1 is 1.09 bits per heavy atom. The molecule has 0 aromatic heterocycles. The summed E-state index contributed by atoms with van der Waals surface area (Å²) < 4.78 is 25.2. The van der Waals surface area contributed by atoms with E-state index in [0.717, 1.165) is 31.9 Å². The number of nitrogens with one attached hydrogen (secondary N) is 1. The first kappa shape index (κ1) is 16.3. The molecular formula is C17H24N2O3S. The molecule has 126 valence electrons. The highest BCUT2D eigenvalue weighted by atomic mass is 32.2. The minimum Gasteiger partial charge on any atom is -0.333 e. The topological polar surface area (TPSA) is 66.5 Å². The van der Waals surface area contributed by atoms with Crippen molar-refractivity contribution in [2.75, 3.05) is 11.0 Å². The smallest absolute Gasteiger partial charge is 0.254 e. The molecule has 0 aliphatic heterocycles. The van der Waals surface area contributed by atoms with Gasteiger partial charge in [-0.3, -0.25) is 9.52 Å². The summed E-state index contributed by atoms with van der Waals surface area (Å²) in [4.78, 5) is 15.1. The fourth-order valence-corrected chi connectivity index (χ4v) is 3.98. The van der Waals surface area contributed by atoms with Gasteiger partial charge in [0.15, 0.2) is 0 Å². The average molecular weight is 336 g/mol. The van der Waals surface area contributed by atoms with Crippen molar-refractivity contribution in [1.29, 1.82) is 0 Å². The number of amides is 1. The van der Waals surface area contributed by atoms with Gasteiger partial charge in [-0.2, -0.15) is 0 Å². The molecule has 1 N–H and O–H groups in total. The summed E-state index contributed by atoms with van der Waals surface area (Å²) in [7, 11) is -3.34. The summed E-state index contributed by atoms with van der Waals surface area (Å²) >= 11 is 0. The first-order chi connectivity index (χ1) is 10.9. The van der Waals surface area contributed by atoms with Gasteiger partial charge in [-0.1, -0.05) is 25.3 Å². The van der Waals surface area contributed by atoms with Crippen molar-refractivity contribution in [2.45, 2.75) is 57.0 Å². The molecule has 2 saturated carbocycles. The Morgan fingerprint density at radius 3 is 2.35 bits per heavy atom. The number of carbonyl (C=O) groups is 1. The number of nitrogens with zero attached hydrogens (tertiary/aromatic N) is 1. The minimum atomic E-state index is -3.34. The summed E-state index contributed by atoms with van der Waals surface area (Å²) in [6.45, 7) is 0. The number of hydrogen-bond acceptors (Lipinski definition) is 3. The highest BCUT2D eigenvalue weighted by Gasteiger charge is 2.38. The molecular weight excluding hydrogens is 312 g/mol. The van der Waals surface area contributed by atoms with E-state index in [1.54, 1.807) is 24.3 Å². The zero-order chi connectivity index (χ0) is 16.4. The molecule has 2 fully saturated rings. The predicted octanol–water partition coefficient (Wildman–Crippen LogP) is 3.00. The summed E-state index contributed by atoms with van der Waals surface area (Å²) in [5.74, 6) is 0.0385. The van der Waals surface area contributed by atoms with Crippen LogP contribution in [0, 0.1) is 0 Å². The molecule has 3 rings (SSSR count). The van der Waals surface area contributed by atoms with Crippen LogP contribution in [0.5, 0.6) is 0 Å². The molecule has 0 radical (unpaired) electrons. The molecule has 1 amide bonds. The van der Waals surface area contributed by atoms with Crippen LogP contribution in [0.4, 0.5) is 5.69 Å². The molecule has 6 heteroatoms. The second kappa shape index (κ2) is 6.51. The van der Waals surface area contributed by atoms with Gasteiger partial charge in [0, 0.05) is 23.3 Å². The first-order valence-corrected chi connectivity index (χ1v) is 10.2. The lowest BCUT2D eigenvalue weighted by Gasteiger charge is -2.34. The van der Waals surface area contributed by atoms with E-state index < -0.39 is 10.0 Å². The fourth-order valence-electron chi connectivity index (χ4n) is 3.42. The van der Waals surface area contributed by atoms with Gasteiger partial charge >= 0.3 is 0 Å². The molecule has 0 spiro atoms. The highest BCUT2D eigenvalue weighted by molar-refractivity contribution is 7.92. The van der Waals surface area contributed by atoms with E-state index in [1.807, 2.05) is 0 Å². The van der Waals surface area contributed by atoms with E-state index in [9.17, 15) is 13.2 Å². The van der Waals surface area contributed by atoms with Gasteiger partial charge in [0.2, 0.25) is 10.0 Å². The van der Waals surface area contributed by atoms with E-state index in [1.165, 1.54) is 19.3 Å². The maximum absolute atomic E-state index is 13.0. The average Bonchev–Trinajstić information content (AvgIpc) is 3.32. The van der Waals surface area contributed by atoms with Crippen LogP contribution in [0.15, 0.2) is 24.3 Å². The quantitative estimate of drug-likeness (QED) is 0.899. The van der Waals surface area contributed by atoms with Crippen LogP contribution in [0.3, 0.4) is 0 Å². The van der Waals surface area contributed by atoms with Crippen LogP contribution in [0.2, 0.25) is 0 Å². The Kier molecular flexibility index (Phi) is 4.62. The third-order valence-electron chi connectivity index (χ3n) is 4.56.